The predicted molar refractivity (Wildman–Crippen MR) is 141 cm³/mol. The van der Waals surface area contributed by atoms with Gasteiger partial charge in [-0.2, -0.15) is 5.10 Å². The molecule has 0 radical (unpaired) electrons. The first kappa shape index (κ1) is 24.6. The van der Waals surface area contributed by atoms with Crippen molar-refractivity contribution in [3.63, 3.8) is 0 Å². The zero-order valence-corrected chi connectivity index (χ0v) is 21.7. The summed E-state index contributed by atoms with van der Waals surface area (Å²) in [5.41, 5.74) is 1.79. The quantitative estimate of drug-likeness (QED) is 0.414. The molecule has 0 amide bonds. The summed E-state index contributed by atoms with van der Waals surface area (Å²) in [5, 5.41) is 15.0. The molecular weight excluding hydrogens is 486 g/mol. The van der Waals surface area contributed by atoms with Crippen LogP contribution in [0.4, 0.5) is 17.5 Å². The van der Waals surface area contributed by atoms with Gasteiger partial charge in [0.25, 0.3) is 0 Å². The molecule has 3 aromatic rings. The van der Waals surface area contributed by atoms with Crippen molar-refractivity contribution >= 4 is 40.3 Å². The van der Waals surface area contributed by atoms with Gasteiger partial charge >= 0.3 is 11.9 Å². The normalized spacial score (nSPS) is 25.6. The Kier molecular flexibility index (Phi) is 6.61. The molecule has 2 unspecified atom stereocenters. The van der Waals surface area contributed by atoms with Crippen LogP contribution in [0.3, 0.4) is 0 Å². The summed E-state index contributed by atoms with van der Waals surface area (Å²) < 4.78 is 10.3. The average Bonchev–Trinajstić information content (AvgIpc) is 3.32. The molecule has 0 aliphatic carbocycles. The van der Waals surface area contributed by atoms with Crippen molar-refractivity contribution in [2.45, 2.75) is 76.0 Å². The zero-order valence-electron chi connectivity index (χ0n) is 21.7. The van der Waals surface area contributed by atoms with Crippen LogP contribution in [0.25, 0.3) is 10.9 Å². The second-order valence-corrected chi connectivity index (χ2v) is 10.5. The Labute approximate surface area is 220 Å². The summed E-state index contributed by atoms with van der Waals surface area (Å²) in [7, 11) is 1.34. The molecule has 4 atom stereocenters. The number of nitrogens with zero attached hydrogens (tertiary/aromatic N) is 4. The number of carbonyl (C=O) groups is 2. The number of methoxy groups -OCH3 is 1. The van der Waals surface area contributed by atoms with Gasteiger partial charge in [0.05, 0.1) is 19.2 Å². The number of nitrogens with one attached hydrogen (secondary N) is 3. The van der Waals surface area contributed by atoms with Gasteiger partial charge in [-0.1, -0.05) is 6.42 Å². The van der Waals surface area contributed by atoms with Crippen LogP contribution in [0.5, 0.6) is 0 Å². The number of hydrogen-bond acceptors (Lipinski definition) is 10. The number of pyridine rings is 2. The summed E-state index contributed by atoms with van der Waals surface area (Å²) >= 11 is 0. The number of piperidine rings is 2. The minimum Gasteiger partial charge on any atom is -0.465 e. The van der Waals surface area contributed by atoms with Gasteiger partial charge in [0, 0.05) is 41.3 Å². The van der Waals surface area contributed by atoms with E-state index >= 15 is 0 Å². The van der Waals surface area contributed by atoms with Gasteiger partial charge in [-0.3, -0.25) is 14.8 Å². The molecule has 3 aromatic heterocycles. The molecule has 3 aliphatic heterocycles. The largest absolute Gasteiger partial charge is 0.465 e. The van der Waals surface area contributed by atoms with Crippen LogP contribution < -0.4 is 10.6 Å². The first-order chi connectivity index (χ1) is 18.5. The molecule has 0 saturated carbocycles. The van der Waals surface area contributed by atoms with Crippen LogP contribution in [0.15, 0.2) is 24.3 Å². The number of rotatable bonds is 6. The molecular formula is C27H33N7O4. The van der Waals surface area contributed by atoms with Crippen LogP contribution in [-0.2, 0) is 14.3 Å². The molecule has 200 valence electrons. The van der Waals surface area contributed by atoms with Crippen molar-refractivity contribution in [1.82, 2.24) is 25.1 Å². The van der Waals surface area contributed by atoms with E-state index in [4.69, 9.17) is 14.5 Å². The third-order valence-electron chi connectivity index (χ3n) is 7.91. The maximum absolute atomic E-state index is 12.6. The van der Waals surface area contributed by atoms with E-state index in [0.29, 0.717) is 41.7 Å². The monoisotopic (exact) mass is 519 g/mol. The summed E-state index contributed by atoms with van der Waals surface area (Å²) in [6.07, 6.45) is 7.00. The highest BCUT2D eigenvalue weighted by atomic mass is 16.5. The molecule has 11 nitrogen and oxygen atoms in total. The number of hydrogen-bond donors (Lipinski definition) is 3. The van der Waals surface area contributed by atoms with E-state index in [-0.39, 0.29) is 23.7 Å². The van der Waals surface area contributed by atoms with Crippen LogP contribution in [0.2, 0.25) is 0 Å². The van der Waals surface area contributed by atoms with Crippen molar-refractivity contribution in [3.8, 4) is 0 Å². The fourth-order valence-corrected chi connectivity index (χ4v) is 6.31. The van der Waals surface area contributed by atoms with Crippen molar-refractivity contribution in [2.24, 2.45) is 0 Å². The number of anilines is 3. The minimum atomic E-state index is -0.489. The molecule has 0 spiro atoms. The Balaban J connectivity index is 1.29. The third-order valence-corrected chi connectivity index (χ3v) is 7.91. The highest BCUT2D eigenvalue weighted by Gasteiger charge is 2.45. The average molecular weight is 520 g/mol. The van der Waals surface area contributed by atoms with Gasteiger partial charge in [0.15, 0.2) is 5.82 Å². The Morgan fingerprint density at radius 3 is 2.63 bits per heavy atom. The summed E-state index contributed by atoms with van der Waals surface area (Å²) in [6.45, 7) is 2.47. The van der Waals surface area contributed by atoms with Crippen molar-refractivity contribution < 1.29 is 19.1 Å². The second-order valence-electron chi connectivity index (χ2n) is 10.5. The van der Waals surface area contributed by atoms with E-state index in [1.165, 1.54) is 13.5 Å². The maximum Gasteiger partial charge on any atom is 0.356 e. The molecule has 2 bridgehead atoms. The van der Waals surface area contributed by atoms with E-state index in [0.717, 1.165) is 49.6 Å². The number of fused-ring (bicyclic) bond motifs is 3. The summed E-state index contributed by atoms with van der Waals surface area (Å²) in [6, 6.07) is 7.97. The lowest BCUT2D eigenvalue weighted by atomic mass is 9.80. The maximum atomic E-state index is 12.6. The molecule has 11 heteroatoms. The lowest BCUT2D eigenvalue weighted by Crippen LogP contribution is -2.61. The number of aromatic amines is 1. The molecule has 3 aliphatic rings. The number of aromatic nitrogens is 4. The highest BCUT2D eigenvalue weighted by molar-refractivity contribution is 5.96. The first-order valence-electron chi connectivity index (χ1n) is 13.4. The fraction of sp³-hybridized carbons (Fsp3) is 0.519. The van der Waals surface area contributed by atoms with Gasteiger partial charge in [0.2, 0.25) is 0 Å². The van der Waals surface area contributed by atoms with Crippen LogP contribution in [0.1, 0.15) is 61.1 Å². The number of esters is 2. The molecule has 3 saturated heterocycles. The minimum absolute atomic E-state index is 0.0629. The lowest BCUT2D eigenvalue weighted by molar-refractivity contribution is -0.160. The lowest BCUT2D eigenvalue weighted by Gasteiger charge is -2.52. The standard InChI is InChI=1S/C27H33N7O4/c1-15-11-24(33-32-15)30-23-14-21-19(8-9-20(29-21)26(35)37-2)25(31-23)28-16-12-17-5-3-6-18(13-16)34(17)22-7-4-10-38-27(22)36/h8-9,11,14,16-18,22H,3-7,10,12-13H2,1-2H3,(H3,28,30,31,32,33)/t16?,17-,18+,22?. The first-order valence-corrected chi connectivity index (χ1v) is 13.4. The fourth-order valence-electron chi connectivity index (χ4n) is 6.31. The molecule has 6 heterocycles. The summed E-state index contributed by atoms with van der Waals surface area (Å²) in [4.78, 5) is 36.6. The second kappa shape index (κ2) is 10.2. The Bertz CT molecular complexity index is 1340. The number of H-pyrrole nitrogens is 1. The van der Waals surface area contributed by atoms with E-state index < -0.39 is 5.97 Å². The number of aryl methyl sites for hydroxylation is 1. The van der Waals surface area contributed by atoms with Crippen molar-refractivity contribution in [1.29, 1.82) is 0 Å². The Morgan fingerprint density at radius 2 is 1.92 bits per heavy atom. The zero-order chi connectivity index (χ0) is 26.2. The van der Waals surface area contributed by atoms with Crippen molar-refractivity contribution in [2.75, 3.05) is 24.4 Å². The van der Waals surface area contributed by atoms with Gasteiger partial charge in [-0.05, 0) is 57.6 Å². The van der Waals surface area contributed by atoms with Crippen LogP contribution >= 0.6 is 0 Å². The predicted octanol–water partition coefficient (Wildman–Crippen LogP) is 3.69. The van der Waals surface area contributed by atoms with Gasteiger partial charge < -0.3 is 20.1 Å². The van der Waals surface area contributed by atoms with E-state index in [2.05, 4.69) is 30.7 Å². The Morgan fingerprint density at radius 1 is 1.11 bits per heavy atom. The third kappa shape index (κ3) is 4.78. The molecule has 6 rings (SSSR count). The van der Waals surface area contributed by atoms with Gasteiger partial charge in [-0.25, -0.2) is 14.8 Å². The van der Waals surface area contributed by atoms with E-state index in [1.807, 2.05) is 25.1 Å². The van der Waals surface area contributed by atoms with E-state index in [1.54, 1.807) is 6.07 Å². The van der Waals surface area contributed by atoms with Crippen LogP contribution in [0, 0.1) is 6.92 Å². The molecule has 38 heavy (non-hydrogen) atoms. The van der Waals surface area contributed by atoms with Crippen molar-refractivity contribution in [3.05, 3.63) is 35.7 Å². The van der Waals surface area contributed by atoms with E-state index in [9.17, 15) is 9.59 Å². The molecule has 3 fully saturated rings. The number of ether oxygens (including phenoxy) is 2. The summed E-state index contributed by atoms with van der Waals surface area (Å²) in [5.74, 6) is 1.37. The number of carbonyl (C=O) groups excluding carboxylic acids is 2. The van der Waals surface area contributed by atoms with Crippen LogP contribution in [-0.4, -0.2) is 74.9 Å². The molecule has 0 aromatic carbocycles. The smallest absolute Gasteiger partial charge is 0.356 e. The van der Waals surface area contributed by atoms with Gasteiger partial charge in [0.1, 0.15) is 23.4 Å². The van der Waals surface area contributed by atoms with Gasteiger partial charge in [-0.15, -0.1) is 0 Å². The molecule has 3 N–H and O–H groups in total. The highest BCUT2D eigenvalue weighted by Crippen LogP contribution is 2.39. The topological polar surface area (TPSA) is 134 Å². The number of cyclic esters (lactones) is 1. The Hall–Kier alpha value is -3.73. The SMILES string of the molecule is COC(=O)c1ccc2c(NC3C[C@H]4CCC[C@@H](C3)N4C3CCCOC3=O)nc(Nc3cc(C)[nH]n3)cc2n1.